The molecule has 1 aliphatic rings. The van der Waals surface area contributed by atoms with Crippen molar-refractivity contribution in [1.29, 1.82) is 0 Å². The molecular weight excluding hydrogens is 404 g/mol. The van der Waals surface area contributed by atoms with E-state index in [1.165, 1.54) is 16.6 Å². The number of amides is 1. The lowest BCUT2D eigenvalue weighted by Gasteiger charge is -2.07. The van der Waals surface area contributed by atoms with E-state index in [0.717, 1.165) is 47.2 Å². The van der Waals surface area contributed by atoms with Gasteiger partial charge in [-0.05, 0) is 55.3 Å². The number of benzene rings is 1. The van der Waals surface area contributed by atoms with Gasteiger partial charge < -0.3 is 5.32 Å². The molecule has 0 radical (unpaired) electrons. The summed E-state index contributed by atoms with van der Waals surface area (Å²) in [6, 6.07) is 7.74. The number of thiazole rings is 1. The zero-order valence-electron chi connectivity index (χ0n) is 16.3. The normalized spacial score (nSPS) is 13.3. The fourth-order valence-electron chi connectivity index (χ4n) is 2.58. The number of nitrogens with zero attached hydrogens (tertiary/aromatic N) is 4. The number of aryl methyl sites for hydroxylation is 2. The molecule has 2 aromatic heterocycles. The maximum absolute atomic E-state index is 11.9. The van der Waals surface area contributed by atoms with E-state index in [-0.39, 0.29) is 11.8 Å². The molecule has 1 fully saturated rings. The first kappa shape index (κ1) is 19.8. The van der Waals surface area contributed by atoms with Crippen LogP contribution in [0.2, 0.25) is 0 Å². The number of rotatable bonds is 8. The zero-order chi connectivity index (χ0) is 20.2. The van der Waals surface area contributed by atoms with Crippen LogP contribution in [0.1, 0.15) is 37.4 Å². The van der Waals surface area contributed by atoms with Crippen molar-refractivity contribution in [3.8, 4) is 0 Å². The highest BCUT2D eigenvalue weighted by molar-refractivity contribution is 7.99. The number of carbonyl (C=O) groups excluding carboxylic acids is 1. The van der Waals surface area contributed by atoms with Crippen LogP contribution in [0.5, 0.6) is 0 Å². The molecule has 0 unspecified atom stereocenters. The quantitative estimate of drug-likeness (QED) is 0.539. The molecule has 150 valence electrons. The molecule has 7 nitrogen and oxygen atoms in total. The van der Waals surface area contributed by atoms with Crippen molar-refractivity contribution in [2.24, 2.45) is 5.92 Å². The van der Waals surface area contributed by atoms with Crippen molar-refractivity contribution in [2.45, 2.75) is 49.6 Å². The van der Waals surface area contributed by atoms with Gasteiger partial charge in [-0.15, -0.1) is 11.3 Å². The van der Waals surface area contributed by atoms with Crippen LogP contribution in [0, 0.1) is 5.92 Å². The Kier molecular flexibility index (Phi) is 6.05. The highest BCUT2D eigenvalue weighted by atomic mass is 32.2. The second kappa shape index (κ2) is 8.87. The molecule has 0 atom stereocenters. The Hall–Kier alpha value is -2.52. The number of carbonyl (C=O) groups is 1. The summed E-state index contributed by atoms with van der Waals surface area (Å²) < 4.78 is 0. The van der Waals surface area contributed by atoms with E-state index in [4.69, 9.17) is 0 Å². The smallest absolute Gasteiger partial charge is 0.233 e. The maximum Gasteiger partial charge on any atom is 0.233 e. The summed E-state index contributed by atoms with van der Waals surface area (Å²) in [4.78, 5) is 32.0. The van der Waals surface area contributed by atoms with Crippen LogP contribution in [0.4, 0.5) is 16.8 Å². The average Bonchev–Trinajstić information content (AvgIpc) is 3.49. The van der Waals surface area contributed by atoms with Gasteiger partial charge in [0.2, 0.25) is 11.9 Å². The van der Waals surface area contributed by atoms with Crippen molar-refractivity contribution >= 4 is 45.8 Å². The lowest BCUT2D eigenvalue weighted by molar-refractivity contribution is -0.117. The summed E-state index contributed by atoms with van der Waals surface area (Å²) in [6.07, 6.45) is 5.53. The van der Waals surface area contributed by atoms with Crippen molar-refractivity contribution < 1.29 is 4.79 Å². The van der Waals surface area contributed by atoms with Crippen LogP contribution in [0.15, 0.2) is 40.5 Å². The fraction of sp³-hybridized carbons (Fsp3) is 0.350. The first-order chi connectivity index (χ1) is 14.1. The van der Waals surface area contributed by atoms with Crippen molar-refractivity contribution in [1.82, 2.24) is 19.9 Å². The molecule has 0 aliphatic heterocycles. The highest BCUT2D eigenvalue weighted by Gasteiger charge is 2.29. The lowest BCUT2D eigenvalue weighted by atomic mass is 10.3. The van der Waals surface area contributed by atoms with E-state index in [2.05, 4.69) is 37.5 Å². The number of hydrogen-bond donors (Lipinski definition) is 2. The Bertz CT molecular complexity index is 1000. The van der Waals surface area contributed by atoms with Crippen LogP contribution >= 0.6 is 23.1 Å². The van der Waals surface area contributed by atoms with E-state index in [1.807, 2.05) is 37.4 Å². The SMILES string of the molecule is CCc1nc(Nc2ncc(CC)s2)nc(Sc2ccc(NC(=O)C3CC3)cc2)n1. The van der Waals surface area contributed by atoms with Gasteiger partial charge in [-0.3, -0.25) is 10.1 Å². The molecule has 2 N–H and O–H groups in total. The minimum atomic E-state index is 0.111. The van der Waals surface area contributed by atoms with Crippen LogP contribution in [-0.4, -0.2) is 25.8 Å². The number of anilines is 3. The third-order valence-electron chi connectivity index (χ3n) is 4.38. The molecule has 1 amide bonds. The first-order valence-electron chi connectivity index (χ1n) is 9.68. The second-order valence-electron chi connectivity index (χ2n) is 6.71. The monoisotopic (exact) mass is 426 g/mol. The number of aromatic nitrogens is 4. The summed E-state index contributed by atoms with van der Waals surface area (Å²) in [5.74, 6) is 1.54. The number of hydrogen-bond acceptors (Lipinski definition) is 8. The molecule has 1 aromatic carbocycles. The van der Waals surface area contributed by atoms with Gasteiger partial charge >= 0.3 is 0 Å². The Labute approximate surface area is 177 Å². The molecule has 0 bridgehead atoms. The Balaban J connectivity index is 1.46. The third-order valence-corrected chi connectivity index (χ3v) is 6.31. The van der Waals surface area contributed by atoms with E-state index < -0.39 is 0 Å². The second-order valence-corrected chi connectivity index (χ2v) is 8.87. The van der Waals surface area contributed by atoms with Gasteiger partial charge in [-0.25, -0.2) is 9.97 Å². The van der Waals surface area contributed by atoms with Gasteiger partial charge in [0.15, 0.2) is 10.3 Å². The van der Waals surface area contributed by atoms with E-state index >= 15 is 0 Å². The predicted molar refractivity (Wildman–Crippen MR) is 116 cm³/mol. The number of nitrogens with one attached hydrogen (secondary N) is 2. The average molecular weight is 427 g/mol. The van der Waals surface area contributed by atoms with Gasteiger partial charge in [-0.2, -0.15) is 9.97 Å². The van der Waals surface area contributed by atoms with Crippen LogP contribution in [0.3, 0.4) is 0 Å². The topological polar surface area (TPSA) is 92.7 Å². The van der Waals surface area contributed by atoms with Gasteiger partial charge in [0.25, 0.3) is 0 Å². The molecule has 0 saturated heterocycles. The van der Waals surface area contributed by atoms with Gasteiger partial charge in [0, 0.05) is 34.0 Å². The molecule has 9 heteroatoms. The Morgan fingerprint density at radius 1 is 1.14 bits per heavy atom. The predicted octanol–water partition coefficient (Wildman–Crippen LogP) is 4.70. The Morgan fingerprint density at radius 3 is 2.59 bits per heavy atom. The zero-order valence-corrected chi connectivity index (χ0v) is 17.9. The minimum absolute atomic E-state index is 0.111. The summed E-state index contributed by atoms with van der Waals surface area (Å²) in [5.41, 5.74) is 0.814. The van der Waals surface area contributed by atoms with E-state index in [0.29, 0.717) is 11.1 Å². The van der Waals surface area contributed by atoms with Crippen LogP contribution in [-0.2, 0) is 17.6 Å². The molecular formula is C20H22N6OS2. The largest absolute Gasteiger partial charge is 0.326 e. The standard InChI is InChI=1S/C20H22N6OS2/c1-3-14-11-21-19(28-14)25-18-23-16(4-2)24-20(26-18)29-15-9-7-13(8-10-15)22-17(27)12-5-6-12/h7-12H,3-6H2,1-2H3,(H,22,27)(H,21,23,24,25,26). The summed E-state index contributed by atoms with van der Waals surface area (Å²) in [5, 5.41) is 7.55. The summed E-state index contributed by atoms with van der Waals surface area (Å²) >= 11 is 3.07. The minimum Gasteiger partial charge on any atom is -0.326 e. The summed E-state index contributed by atoms with van der Waals surface area (Å²) in [6.45, 7) is 4.12. The Morgan fingerprint density at radius 2 is 1.93 bits per heavy atom. The van der Waals surface area contributed by atoms with Gasteiger partial charge in [0.05, 0.1) is 0 Å². The molecule has 0 spiro atoms. The van der Waals surface area contributed by atoms with Gasteiger partial charge in [0.1, 0.15) is 5.82 Å². The first-order valence-corrected chi connectivity index (χ1v) is 11.3. The molecule has 29 heavy (non-hydrogen) atoms. The molecule has 4 rings (SSSR count). The van der Waals surface area contributed by atoms with E-state index in [9.17, 15) is 4.79 Å². The summed E-state index contributed by atoms with van der Waals surface area (Å²) in [7, 11) is 0. The van der Waals surface area contributed by atoms with Gasteiger partial charge in [-0.1, -0.05) is 13.8 Å². The molecule has 3 aromatic rings. The lowest BCUT2D eigenvalue weighted by Crippen LogP contribution is -2.12. The third kappa shape index (κ3) is 5.30. The fourth-order valence-corrected chi connectivity index (χ4v) is 4.10. The van der Waals surface area contributed by atoms with Crippen molar-refractivity contribution in [3.05, 3.63) is 41.2 Å². The highest BCUT2D eigenvalue weighted by Crippen LogP contribution is 2.31. The van der Waals surface area contributed by atoms with Crippen molar-refractivity contribution in [3.63, 3.8) is 0 Å². The van der Waals surface area contributed by atoms with Crippen molar-refractivity contribution in [2.75, 3.05) is 10.6 Å². The molecule has 2 heterocycles. The van der Waals surface area contributed by atoms with Crippen LogP contribution < -0.4 is 10.6 Å². The van der Waals surface area contributed by atoms with E-state index in [1.54, 1.807) is 11.3 Å². The molecule has 1 aliphatic carbocycles. The van der Waals surface area contributed by atoms with Crippen LogP contribution in [0.25, 0.3) is 0 Å². The molecule has 1 saturated carbocycles. The maximum atomic E-state index is 11.9.